The molecule has 11 nitrogen and oxygen atoms in total. The van der Waals surface area contributed by atoms with Crippen molar-refractivity contribution in [3.05, 3.63) is 52.0 Å². The van der Waals surface area contributed by atoms with Crippen LogP contribution in [-0.4, -0.2) is 55.6 Å². The lowest BCUT2D eigenvalue weighted by atomic mass is 10.1. The fourth-order valence-corrected chi connectivity index (χ4v) is 6.00. The van der Waals surface area contributed by atoms with Gasteiger partial charge in [-0.05, 0) is 44.0 Å². The topological polar surface area (TPSA) is 168 Å². The molecule has 16 heteroatoms. The number of alkyl halides is 3. The molecule has 2 amide bonds. The van der Waals surface area contributed by atoms with Crippen molar-refractivity contribution < 1.29 is 45.4 Å². The highest BCUT2D eigenvalue weighted by molar-refractivity contribution is 7.91. The molecule has 0 atom stereocenters. The van der Waals surface area contributed by atoms with Gasteiger partial charge in [-0.2, -0.15) is 13.2 Å². The van der Waals surface area contributed by atoms with Gasteiger partial charge in [-0.3, -0.25) is 9.59 Å². The minimum atomic E-state index is -4.97. The molecule has 41 heavy (non-hydrogen) atoms. The first-order valence-corrected chi connectivity index (χ1v) is 14.4. The Kier molecular flexibility index (Phi) is 9.70. The number of anilines is 1. The van der Waals surface area contributed by atoms with Crippen LogP contribution in [0.5, 0.6) is 5.75 Å². The van der Waals surface area contributed by atoms with Crippen molar-refractivity contribution in [1.29, 1.82) is 0 Å². The smallest absolute Gasteiger partial charge is 0.433 e. The molecule has 2 heterocycles. The van der Waals surface area contributed by atoms with Gasteiger partial charge < -0.3 is 20.5 Å². The lowest BCUT2D eigenvalue weighted by Crippen LogP contribution is -2.19. The number of thiophene rings is 1. The first-order valence-electron chi connectivity index (χ1n) is 11.9. The number of rotatable bonds is 11. The van der Waals surface area contributed by atoms with E-state index in [4.69, 9.17) is 15.2 Å². The Balaban J connectivity index is 1.81. The maximum Gasteiger partial charge on any atom is 0.433 e. The molecule has 3 rings (SSSR count). The second-order valence-electron chi connectivity index (χ2n) is 8.43. The minimum absolute atomic E-state index is 0.0198. The number of methoxy groups -OCH3 is 1. The Morgan fingerprint density at radius 3 is 2.44 bits per heavy atom. The highest BCUT2D eigenvalue weighted by atomic mass is 32.2. The summed E-state index contributed by atoms with van der Waals surface area (Å²) in [6.07, 6.45) is -5.69. The van der Waals surface area contributed by atoms with Crippen molar-refractivity contribution in [2.45, 2.75) is 38.0 Å². The van der Waals surface area contributed by atoms with E-state index in [2.05, 4.69) is 15.3 Å². The molecule has 0 aliphatic rings. The fourth-order valence-electron chi connectivity index (χ4n) is 3.70. The number of primary amides is 1. The van der Waals surface area contributed by atoms with Crippen LogP contribution < -0.4 is 15.8 Å². The van der Waals surface area contributed by atoms with E-state index < -0.39 is 56.8 Å². The van der Waals surface area contributed by atoms with Gasteiger partial charge in [-0.1, -0.05) is 12.1 Å². The van der Waals surface area contributed by atoms with Crippen LogP contribution in [0.1, 0.15) is 51.1 Å². The number of benzene rings is 1. The molecule has 3 N–H and O–H groups in total. The first-order chi connectivity index (χ1) is 19.2. The normalized spacial score (nSPS) is 11.7. The second kappa shape index (κ2) is 12.6. The van der Waals surface area contributed by atoms with Crippen molar-refractivity contribution in [3.8, 4) is 17.0 Å². The average Bonchev–Trinajstić information content (AvgIpc) is 3.23. The van der Waals surface area contributed by atoms with Gasteiger partial charge in [0.05, 0.1) is 30.7 Å². The molecule has 220 valence electrons. The number of sulfone groups is 1. The molecule has 0 fully saturated rings. The monoisotopic (exact) mass is 614 g/mol. The van der Waals surface area contributed by atoms with Crippen LogP contribution in [0.4, 0.5) is 18.2 Å². The SMILES string of the molecule is CCOC(=O)c1sc(NC(=O)CCCS(=O)(=O)c2nc(-c3ccccc3OC)cc(C(F)(F)F)n2)c(C(N)=O)c1C. The predicted molar refractivity (Wildman–Crippen MR) is 142 cm³/mol. The number of aromatic nitrogens is 2. The number of nitrogens with zero attached hydrogens (tertiary/aromatic N) is 2. The number of halogens is 3. The van der Waals surface area contributed by atoms with Crippen LogP contribution >= 0.6 is 11.3 Å². The summed E-state index contributed by atoms with van der Waals surface area (Å²) in [5, 5.41) is 1.35. The summed E-state index contributed by atoms with van der Waals surface area (Å²) in [7, 11) is -3.18. The number of amides is 2. The van der Waals surface area contributed by atoms with Crippen LogP contribution in [0.15, 0.2) is 35.5 Å². The first kappa shape index (κ1) is 31.5. The number of esters is 1. The largest absolute Gasteiger partial charge is 0.496 e. The molecule has 0 aliphatic heterocycles. The number of nitrogens with one attached hydrogen (secondary N) is 1. The zero-order chi connectivity index (χ0) is 30.5. The summed E-state index contributed by atoms with van der Waals surface area (Å²) in [6, 6.07) is 6.62. The number of hydrogen-bond donors (Lipinski definition) is 2. The molecule has 0 bridgehead atoms. The van der Waals surface area contributed by atoms with Crippen molar-refractivity contribution in [2.75, 3.05) is 24.8 Å². The Morgan fingerprint density at radius 2 is 1.83 bits per heavy atom. The van der Waals surface area contributed by atoms with E-state index in [1.54, 1.807) is 13.0 Å². The third-order valence-electron chi connectivity index (χ3n) is 5.58. The molecule has 0 radical (unpaired) electrons. The zero-order valence-electron chi connectivity index (χ0n) is 22.0. The van der Waals surface area contributed by atoms with E-state index in [9.17, 15) is 36.0 Å². The van der Waals surface area contributed by atoms with Gasteiger partial charge in [0.1, 0.15) is 21.3 Å². The molecule has 0 spiro atoms. The summed E-state index contributed by atoms with van der Waals surface area (Å²) in [5.41, 5.74) is 3.86. The molecular formula is C25H25F3N4O7S2. The van der Waals surface area contributed by atoms with Crippen molar-refractivity contribution in [3.63, 3.8) is 0 Å². The summed E-state index contributed by atoms with van der Waals surface area (Å²) in [4.78, 5) is 43.8. The molecule has 0 unspecified atom stereocenters. The molecule has 0 saturated heterocycles. The third-order valence-corrected chi connectivity index (χ3v) is 8.33. The van der Waals surface area contributed by atoms with E-state index in [-0.39, 0.29) is 51.0 Å². The van der Waals surface area contributed by atoms with E-state index in [0.29, 0.717) is 6.07 Å². The van der Waals surface area contributed by atoms with Crippen LogP contribution in [0.2, 0.25) is 0 Å². The number of nitrogens with two attached hydrogens (primary N) is 1. The van der Waals surface area contributed by atoms with Gasteiger partial charge in [-0.25, -0.2) is 23.2 Å². The van der Waals surface area contributed by atoms with E-state index in [0.717, 1.165) is 11.3 Å². The number of carbonyl (C=O) groups is 3. The van der Waals surface area contributed by atoms with Crippen LogP contribution in [0.3, 0.4) is 0 Å². The molecule has 1 aromatic carbocycles. The fraction of sp³-hybridized carbons (Fsp3) is 0.320. The van der Waals surface area contributed by atoms with Crippen molar-refractivity contribution >= 4 is 44.0 Å². The predicted octanol–water partition coefficient (Wildman–Crippen LogP) is 4.01. The van der Waals surface area contributed by atoms with Gasteiger partial charge in [0.25, 0.3) is 5.91 Å². The molecule has 0 aliphatic carbocycles. The van der Waals surface area contributed by atoms with Crippen molar-refractivity contribution in [1.82, 2.24) is 9.97 Å². The highest BCUT2D eigenvalue weighted by Gasteiger charge is 2.36. The number of ether oxygens (including phenoxy) is 2. The van der Waals surface area contributed by atoms with Crippen LogP contribution in [0.25, 0.3) is 11.3 Å². The summed E-state index contributed by atoms with van der Waals surface area (Å²) >= 11 is 0.771. The van der Waals surface area contributed by atoms with Gasteiger partial charge >= 0.3 is 12.1 Å². The Morgan fingerprint density at radius 1 is 1.15 bits per heavy atom. The van der Waals surface area contributed by atoms with Gasteiger partial charge in [-0.15, -0.1) is 11.3 Å². The second-order valence-corrected chi connectivity index (χ2v) is 11.5. The molecule has 3 aromatic rings. The summed E-state index contributed by atoms with van der Waals surface area (Å²) in [6.45, 7) is 3.13. The van der Waals surface area contributed by atoms with E-state index >= 15 is 0 Å². The standard InChI is InChI=1S/C25H25F3N4O7S2/c1-4-39-23(35)20-13(2)19(21(29)34)22(40-20)32-18(33)10-7-11-41(36,37)24-30-15(12-17(31-24)25(26,27)28)14-8-5-6-9-16(14)38-3/h5-6,8-9,12H,4,7,10-11H2,1-3H3,(H2,29,34)(H,32,33). The lowest BCUT2D eigenvalue weighted by Gasteiger charge is -2.13. The average molecular weight is 615 g/mol. The van der Waals surface area contributed by atoms with Gasteiger partial charge in [0, 0.05) is 12.0 Å². The van der Waals surface area contributed by atoms with E-state index in [1.807, 2.05) is 0 Å². The minimum Gasteiger partial charge on any atom is -0.496 e. The van der Waals surface area contributed by atoms with Gasteiger partial charge in [0.2, 0.25) is 20.9 Å². The summed E-state index contributed by atoms with van der Waals surface area (Å²) < 4.78 is 76.7. The lowest BCUT2D eigenvalue weighted by molar-refractivity contribution is -0.141. The molecule has 0 saturated carbocycles. The number of para-hydroxylation sites is 1. The quantitative estimate of drug-likeness (QED) is 0.240. The Hall–Kier alpha value is -4.05. The maximum atomic E-state index is 13.6. The number of carbonyl (C=O) groups excluding carboxylic acids is 3. The van der Waals surface area contributed by atoms with Crippen LogP contribution in [-0.2, 0) is 25.5 Å². The zero-order valence-corrected chi connectivity index (χ0v) is 23.6. The summed E-state index contributed by atoms with van der Waals surface area (Å²) in [5.74, 6) is -2.92. The van der Waals surface area contributed by atoms with Crippen molar-refractivity contribution in [2.24, 2.45) is 5.73 Å². The Bertz CT molecular complexity index is 1590. The van der Waals surface area contributed by atoms with E-state index in [1.165, 1.54) is 32.2 Å². The molecular weight excluding hydrogens is 589 g/mol. The van der Waals surface area contributed by atoms with Crippen LogP contribution in [0, 0.1) is 6.92 Å². The van der Waals surface area contributed by atoms with Gasteiger partial charge in [0.15, 0.2) is 0 Å². The Labute approximate surface area is 236 Å². The molecule has 2 aromatic heterocycles. The number of hydrogen-bond acceptors (Lipinski definition) is 10. The highest BCUT2D eigenvalue weighted by Crippen LogP contribution is 2.35. The maximum absolute atomic E-state index is 13.6. The third kappa shape index (κ3) is 7.38.